The van der Waals surface area contributed by atoms with Crippen molar-refractivity contribution in [3.05, 3.63) is 33.9 Å². The lowest BCUT2D eigenvalue weighted by Gasteiger charge is -2.04. The fourth-order valence-electron chi connectivity index (χ4n) is 1.56. The molecule has 0 fully saturated rings. The number of esters is 1. The molecular weight excluding hydrogens is 298 g/mol. The number of tetrazole rings is 1. The zero-order valence-electron chi connectivity index (χ0n) is 11.2. The minimum atomic E-state index is -0.468. The maximum Gasteiger partial charge on any atom is 0.327 e. The van der Waals surface area contributed by atoms with Crippen molar-refractivity contribution in [2.75, 3.05) is 7.11 Å². The first-order valence-corrected chi connectivity index (χ1v) is 6.59. The maximum atomic E-state index is 11.2. The number of methoxy groups -OCH3 is 1. The zero-order chi connectivity index (χ0) is 15.4. The van der Waals surface area contributed by atoms with Gasteiger partial charge in [-0.3, -0.25) is 14.9 Å². The summed E-state index contributed by atoms with van der Waals surface area (Å²) in [5.74, 6) is -0.468. The molecule has 0 aliphatic rings. The molecule has 0 bridgehead atoms. The van der Waals surface area contributed by atoms with Crippen LogP contribution in [0.2, 0.25) is 0 Å². The van der Waals surface area contributed by atoms with E-state index in [0.29, 0.717) is 10.7 Å². The second-order valence-electron chi connectivity index (χ2n) is 4.00. The van der Waals surface area contributed by atoms with Gasteiger partial charge >= 0.3 is 5.97 Å². The van der Waals surface area contributed by atoms with Crippen molar-refractivity contribution >= 4 is 23.4 Å². The fourth-order valence-corrected chi connectivity index (χ4v) is 2.42. The Morgan fingerprint density at radius 1 is 1.52 bits per heavy atom. The maximum absolute atomic E-state index is 11.2. The summed E-state index contributed by atoms with van der Waals surface area (Å²) in [5, 5.41) is 22.2. The Hall–Kier alpha value is -2.49. The van der Waals surface area contributed by atoms with Gasteiger partial charge in [-0.25, -0.2) is 4.68 Å². The van der Waals surface area contributed by atoms with Gasteiger partial charge in [-0.1, -0.05) is 0 Å². The van der Waals surface area contributed by atoms with E-state index < -0.39 is 10.9 Å². The van der Waals surface area contributed by atoms with Gasteiger partial charge in [0.2, 0.25) is 5.16 Å². The summed E-state index contributed by atoms with van der Waals surface area (Å²) in [7, 11) is 1.28. The number of nitrogens with zero attached hydrogens (tertiary/aromatic N) is 5. The average molecular weight is 309 g/mol. The Labute approximate surface area is 123 Å². The molecular formula is C11H11N5O4S. The molecule has 0 saturated carbocycles. The number of aryl methyl sites for hydroxylation is 1. The van der Waals surface area contributed by atoms with Gasteiger partial charge in [0.05, 0.1) is 12.0 Å². The Balaban J connectivity index is 2.19. The molecule has 2 aromatic rings. The molecule has 2 rings (SSSR count). The Morgan fingerprint density at radius 2 is 2.29 bits per heavy atom. The van der Waals surface area contributed by atoms with E-state index in [1.165, 1.54) is 29.6 Å². The van der Waals surface area contributed by atoms with Crippen LogP contribution in [0.15, 0.2) is 28.3 Å². The monoisotopic (exact) mass is 309 g/mol. The molecule has 0 atom stereocenters. The molecule has 0 spiro atoms. The van der Waals surface area contributed by atoms with E-state index in [1.54, 1.807) is 19.1 Å². The van der Waals surface area contributed by atoms with Crippen molar-refractivity contribution in [2.24, 2.45) is 0 Å². The van der Waals surface area contributed by atoms with Crippen molar-refractivity contribution in [2.45, 2.75) is 23.5 Å². The number of nitro benzene ring substituents is 1. The van der Waals surface area contributed by atoms with E-state index in [9.17, 15) is 14.9 Å². The number of nitro groups is 1. The number of carbonyl (C=O) groups is 1. The molecule has 9 nitrogen and oxygen atoms in total. The van der Waals surface area contributed by atoms with Crippen molar-refractivity contribution < 1.29 is 14.5 Å². The molecule has 1 aromatic heterocycles. The van der Waals surface area contributed by atoms with Gasteiger partial charge < -0.3 is 4.74 Å². The molecule has 0 amide bonds. The topological polar surface area (TPSA) is 113 Å². The number of aromatic nitrogens is 4. The van der Waals surface area contributed by atoms with Crippen molar-refractivity contribution in [3.8, 4) is 0 Å². The Kier molecular flexibility index (Phi) is 4.48. The van der Waals surface area contributed by atoms with Crippen molar-refractivity contribution in [3.63, 3.8) is 0 Å². The van der Waals surface area contributed by atoms with Crippen LogP contribution in [0.25, 0.3) is 0 Å². The second-order valence-corrected chi connectivity index (χ2v) is 5.04. The highest BCUT2D eigenvalue weighted by molar-refractivity contribution is 7.99. The average Bonchev–Trinajstić information content (AvgIpc) is 2.85. The molecule has 110 valence electrons. The van der Waals surface area contributed by atoms with E-state index >= 15 is 0 Å². The quantitative estimate of drug-likeness (QED) is 0.460. The smallest absolute Gasteiger partial charge is 0.327 e. The third kappa shape index (κ3) is 3.54. The number of carbonyl (C=O) groups excluding carboxylic acids is 1. The lowest BCUT2D eigenvalue weighted by atomic mass is 10.2. The van der Waals surface area contributed by atoms with Crippen molar-refractivity contribution in [1.29, 1.82) is 0 Å². The predicted molar refractivity (Wildman–Crippen MR) is 71.8 cm³/mol. The third-order valence-corrected chi connectivity index (χ3v) is 3.54. The highest BCUT2D eigenvalue weighted by Crippen LogP contribution is 2.29. The molecule has 1 aromatic carbocycles. The predicted octanol–water partition coefficient (Wildman–Crippen LogP) is 1.21. The second kappa shape index (κ2) is 6.31. The lowest BCUT2D eigenvalue weighted by molar-refractivity contribution is -0.385. The Bertz CT molecular complexity index is 687. The molecule has 0 N–H and O–H groups in total. The minimum absolute atomic E-state index is 0.0495. The van der Waals surface area contributed by atoms with E-state index in [2.05, 4.69) is 20.3 Å². The zero-order valence-corrected chi connectivity index (χ0v) is 12.0. The van der Waals surface area contributed by atoms with Crippen LogP contribution in [-0.2, 0) is 16.1 Å². The SMILES string of the molecule is COC(=O)Cn1nnnc1Sc1ccc([N+](=O)[O-])c(C)c1. The van der Waals surface area contributed by atoms with Crippen LogP contribution in [0.3, 0.4) is 0 Å². The fraction of sp³-hybridized carbons (Fsp3) is 0.273. The summed E-state index contributed by atoms with van der Waals surface area (Å²) in [6.45, 7) is 1.55. The molecule has 0 aliphatic heterocycles. The molecule has 1 heterocycles. The number of hydrogen-bond donors (Lipinski definition) is 0. The molecule has 21 heavy (non-hydrogen) atoms. The van der Waals surface area contributed by atoms with E-state index in [4.69, 9.17) is 0 Å². The first kappa shape index (κ1) is 14.9. The highest BCUT2D eigenvalue weighted by atomic mass is 32.2. The van der Waals surface area contributed by atoms with Gasteiger partial charge in [-0.15, -0.1) is 5.10 Å². The summed E-state index contributed by atoms with van der Waals surface area (Å²) < 4.78 is 5.85. The molecule has 0 radical (unpaired) electrons. The summed E-state index contributed by atoms with van der Waals surface area (Å²) in [6.07, 6.45) is 0. The van der Waals surface area contributed by atoms with Gasteiger partial charge in [0, 0.05) is 16.5 Å². The van der Waals surface area contributed by atoms with E-state index in [1.807, 2.05) is 0 Å². The highest BCUT2D eigenvalue weighted by Gasteiger charge is 2.15. The number of benzene rings is 1. The van der Waals surface area contributed by atoms with Gasteiger partial charge in [0.25, 0.3) is 5.69 Å². The van der Waals surface area contributed by atoms with E-state index in [0.717, 1.165) is 4.90 Å². The van der Waals surface area contributed by atoms with Crippen LogP contribution >= 0.6 is 11.8 Å². The van der Waals surface area contributed by atoms with Crippen LogP contribution in [0, 0.1) is 17.0 Å². The van der Waals surface area contributed by atoms with Gasteiger partial charge in [0.1, 0.15) is 6.54 Å². The molecule has 0 aliphatic carbocycles. The summed E-state index contributed by atoms with van der Waals surface area (Å²) >= 11 is 1.20. The standard InChI is InChI=1S/C11H11N5O4S/c1-7-5-8(3-4-9(7)16(18)19)21-11-12-13-14-15(11)6-10(17)20-2/h3-5H,6H2,1-2H3. The van der Waals surface area contributed by atoms with E-state index in [-0.39, 0.29) is 12.2 Å². The van der Waals surface area contributed by atoms with Crippen LogP contribution in [0.4, 0.5) is 5.69 Å². The molecule has 0 unspecified atom stereocenters. The first-order valence-electron chi connectivity index (χ1n) is 5.77. The van der Waals surface area contributed by atoms with Crippen LogP contribution in [-0.4, -0.2) is 38.2 Å². The van der Waals surface area contributed by atoms with Gasteiger partial charge in [-0.05, 0) is 41.2 Å². The summed E-state index contributed by atoms with van der Waals surface area (Å²) in [4.78, 5) is 22.3. The first-order chi connectivity index (χ1) is 10.0. The molecule has 0 saturated heterocycles. The minimum Gasteiger partial charge on any atom is -0.468 e. The Morgan fingerprint density at radius 3 is 2.90 bits per heavy atom. The van der Waals surface area contributed by atoms with Crippen LogP contribution in [0.1, 0.15) is 5.56 Å². The number of hydrogen-bond acceptors (Lipinski definition) is 8. The largest absolute Gasteiger partial charge is 0.468 e. The number of rotatable bonds is 5. The third-order valence-electron chi connectivity index (χ3n) is 2.58. The lowest BCUT2D eigenvalue weighted by Crippen LogP contribution is -2.13. The normalized spacial score (nSPS) is 10.4. The van der Waals surface area contributed by atoms with Gasteiger partial charge in [-0.2, -0.15) is 0 Å². The van der Waals surface area contributed by atoms with Crippen LogP contribution < -0.4 is 0 Å². The van der Waals surface area contributed by atoms with Crippen LogP contribution in [0.5, 0.6) is 0 Å². The number of ether oxygens (including phenoxy) is 1. The van der Waals surface area contributed by atoms with Crippen molar-refractivity contribution in [1.82, 2.24) is 20.2 Å². The summed E-state index contributed by atoms with van der Waals surface area (Å²) in [5.41, 5.74) is 0.588. The molecule has 10 heteroatoms. The summed E-state index contributed by atoms with van der Waals surface area (Å²) in [6, 6.07) is 4.69. The van der Waals surface area contributed by atoms with Gasteiger partial charge in [0.15, 0.2) is 0 Å².